The SMILES string of the molecule is Cc1ccc(-c2nc(CC(=O)Nc3cccc(S(=O)(=O)NC4CC4)c3)cs2)o1. The Morgan fingerprint density at radius 3 is 2.82 bits per heavy atom. The highest BCUT2D eigenvalue weighted by molar-refractivity contribution is 7.89. The molecule has 3 aromatic rings. The number of sulfonamides is 1. The van der Waals surface area contributed by atoms with Crippen LogP contribution >= 0.6 is 11.3 Å². The van der Waals surface area contributed by atoms with E-state index in [2.05, 4.69) is 15.0 Å². The van der Waals surface area contributed by atoms with Gasteiger partial charge in [-0.15, -0.1) is 11.3 Å². The first-order valence-electron chi connectivity index (χ1n) is 8.82. The zero-order valence-electron chi connectivity index (χ0n) is 15.1. The van der Waals surface area contributed by atoms with E-state index in [0.717, 1.165) is 23.6 Å². The summed E-state index contributed by atoms with van der Waals surface area (Å²) < 4.78 is 32.8. The van der Waals surface area contributed by atoms with Gasteiger partial charge in [0.05, 0.1) is 17.0 Å². The maximum Gasteiger partial charge on any atom is 0.240 e. The van der Waals surface area contributed by atoms with E-state index in [1.54, 1.807) is 12.1 Å². The van der Waals surface area contributed by atoms with Crippen LogP contribution in [0.15, 0.2) is 51.1 Å². The Morgan fingerprint density at radius 2 is 2.11 bits per heavy atom. The Morgan fingerprint density at radius 1 is 1.29 bits per heavy atom. The minimum atomic E-state index is -3.56. The molecule has 0 unspecified atom stereocenters. The molecule has 146 valence electrons. The zero-order chi connectivity index (χ0) is 19.7. The van der Waals surface area contributed by atoms with E-state index in [1.165, 1.54) is 23.5 Å². The van der Waals surface area contributed by atoms with Gasteiger partial charge in [0.2, 0.25) is 15.9 Å². The highest BCUT2D eigenvalue weighted by atomic mass is 32.2. The molecule has 9 heteroatoms. The van der Waals surface area contributed by atoms with Gasteiger partial charge in [-0.2, -0.15) is 0 Å². The number of nitrogens with one attached hydrogen (secondary N) is 2. The lowest BCUT2D eigenvalue weighted by Gasteiger charge is -2.08. The number of carbonyl (C=O) groups excluding carboxylic acids is 1. The number of aromatic nitrogens is 1. The van der Waals surface area contributed by atoms with Gasteiger partial charge in [0.25, 0.3) is 0 Å². The predicted octanol–water partition coefficient (Wildman–Crippen LogP) is 3.33. The minimum absolute atomic E-state index is 0.0278. The van der Waals surface area contributed by atoms with Crippen molar-refractivity contribution in [2.45, 2.75) is 37.1 Å². The average Bonchev–Trinajstić information content (AvgIpc) is 3.14. The van der Waals surface area contributed by atoms with Gasteiger partial charge in [0.15, 0.2) is 10.8 Å². The first-order valence-corrected chi connectivity index (χ1v) is 11.2. The number of hydrogen-bond donors (Lipinski definition) is 2. The third-order valence-corrected chi connectivity index (χ3v) is 6.60. The smallest absolute Gasteiger partial charge is 0.240 e. The molecule has 1 aliphatic rings. The number of thiazole rings is 1. The van der Waals surface area contributed by atoms with Crippen molar-refractivity contribution in [3.63, 3.8) is 0 Å². The lowest BCUT2D eigenvalue weighted by atomic mass is 10.3. The van der Waals surface area contributed by atoms with Crippen LogP contribution in [0.5, 0.6) is 0 Å². The number of furan rings is 1. The van der Waals surface area contributed by atoms with Crippen LogP contribution in [0.4, 0.5) is 5.69 Å². The largest absolute Gasteiger partial charge is 0.459 e. The third-order valence-electron chi connectivity index (χ3n) is 4.17. The van der Waals surface area contributed by atoms with E-state index in [1.807, 2.05) is 24.4 Å². The Hall–Kier alpha value is -2.49. The summed E-state index contributed by atoms with van der Waals surface area (Å²) in [6.45, 7) is 1.86. The summed E-state index contributed by atoms with van der Waals surface area (Å²) in [5, 5.41) is 5.27. The van der Waals surface area contributed by atoms with E-state index in [9.17, 15) is 13.2 Å². The number of rotatable bonds is 7. The molecular formula is C19H19N3O4S2. The molecule has 0 radical (unpaired) electrons. The molecule has 0 atom stereocenters. The van der Waals surface area contributed by atoms with Crippen LogP contribution < -0.4 is 10.0 Å². The van der Waals surface area contributed by atoms with Gasteiger partial charge >= 0.3 is 0 Å². The molecule has 0 spiro atoms. The molecular weight excluding hydrogens is 398 g/mol. The molecule has 7 nitrogen and oxygen atoms in total. The molecule has 1 aromatic carbocycles. The van der Waals surface area contributed by atoms with Gasteiger partial charge in [0, 0.05) is 17.1 Å². The standard InChI is InChI=1S/C19H19N3O4S2/c1-12-5-8-17(26-12)19-21-15(11-27-19)10-18(23)20-14-3-2-4-16(9-14)28(24,25)22-13-6-7-13/h2-5,8-9,11,13,22H,6-7,10H2,1H3,(H,20,23). The first kappa shape index (κ1) is 18.9. The molecule has 2 heterocycles. The number of carbonyl (C=O) groups is 1. The zero-order valence-corrected chi connectivity index (χ0v) is 16.8. The molecule has 2 aromatic heterocycles. The van der Waals surface area contributed by atoms with Crippen molar-refractivity contribution >= 4 is 33.0 Å². The summed E-state index contributed by atoms with van der Waals surface area (Å²) in [7, 11) is -3.56. The van der Waals surface area contributed by atoms with Crippen molar-refractivity contribution in [2.75, 3.05) is 5.32 Å². The quantitative estimate of drug-likeness (QED) is 0.614. The highest BCUT2D eigenvalue weighted by Crippen LogP contribution is 2.26. The third kappa shape index (κ3) is 4.49. The summed E-state index contributed by atoms with van der Waals surface area (Å²) in [5.41, 5.74) is 1.06. The fourth-order valence-electron chi connectivity index (χ4n) is 2.65. The normalized spacial score (nSPS) is 14.2. The maximum atomic E-state index is 12.3. The van der Waals surface area contributed by atoms with Gasteiger partial charge in [-0.05, 0) is 50.1 Å². The molecule has 28 heavy (non-hydrogen) atoms. The van der Waals surface area contributed by atoms with Crippen LogP contribution in [0.25, 0.3) is 10.8 Å². The second-order valence-electron chi connectivity index (χ2n) is 6.70. The van der Waals surface area contributed by atoms with Crippen LogP contribution in [0, 0.1) is 6.92 Å². The molecule has 2 N–H and O–H groups in total. The number of anilines is 1. The number of hydrogen-bond acceptors (Lipinski definition) is 6. The summed E-state index contributed by atoms with van der Waals surface area (Å²) in [6.07, 6.45) is 1.82. The van der Waals surface area contributed by atoms with Crippen molar-refractivity contribution in [1.82, 2.24) is 9.71 Å². The summed E-state index contributed by atoms with van der Waals surface area (Å²) in [6, 6.07) is 9.98. The molecule has 4 rings (SSSR count). The molecule has 0 saturated heterocycles. The number of aryl methyl sites for hydroxylation is 1. The molecule has 1 amide bonds. The average molecular weight is 418 g/mol. The van der Waals surface area contributed by atoms with Crippen LogP contribution in [-0.4, -0.2) is 25.4 Å². The monoisotopic (exact) mass is 417 g/mol. The second-order valence-corrected chi connectivity index (χ2v) is 9.27. The first-order chi connectivity index (χ1) is 13.4. The summed E-state index contributed by atoms with van der Waals surface area (Å²) >= 11 is 1.41. The second kappa shape index (κ2) is 7.50. The van der Waals surface area contributed by atoms with Crippen LogP contribution in [-0.2, 0) is 21.2 Å². The van der Waals surface area contributed by atoms with E-state index in [4.69, 9.17) is 4.42 Å². The van der Waals surface area contributed by atoms with E-state index in [-0.39, 0.29) is 23.3 Å². The lowest BCUT2D eigenvalue weighted by molar-refractivity contribution is -0.115. The molecule has 0 aliphatic heterocycles. The lowest BCUT2D eigenvalue weighted by Crippen LogP contribution is -2.25. The topological polar surface area (TPSA) is 101 Å². The fraction of sp³-hybridized carbons (Fsp3) is 0.263. The van der Waals surface area contributed by atoms with E-state index in [0.29, 0.717) is 17.1 Å². The van der Waals surface area contributed by atoms with Gasteiger partial charge in [-0.1, -0.05) is 6.07 Å². The summed E-state index contributed by atoms with van der Waals surface area (Å²) in [5.74, 6) is 1.21. The van der Waals surface area contributed by atoms with Crippen molar-refractivity contribution in [3.05, 3.63) is 53.2 Å². The summed E-state index contributed by atoms with van der Waals surface area (Å²) in [4.78, 5) is 16.9. The minimum Gasteiger partial charge on any atom is -0.459 e. The van der Waals surface area contributed by atoms with Crippen molar-refractivity contribution < 1.29 is 17.6 Å². The number of benzene rings is 1. The Labute approximate surface area is 166 Å². The van der Waals surface area contributed by atoms with Gasteiger partial charge in [-0.3, -0.25) is 4.79 Å². The molecule has 1 fully saturated rings. The number of nitrogens with zero attached hydrogens (tertiary/aromatic N) is 1. The molecule has 1 saturated carbocycles. The molecule has 0 bridgehead atoms. The maximum absolute atomic E-state index is 12.3. The Bertz CT molecular complexity index is 1110. The van der Waals surface area contributed by atoms with Crippen molar-refractivity contribution in [3.8, 4) is 10.8 Å². The van der Waals surface area contributed by atoms with E-state index < -0.39 is 10.0 Å². The van der Waals surface area contributed by atoms with Gasteiger partial charge < -0.3 is 9.73 Å². The molecule has 1 aliphatic carbocycles. The van der Waals surface area contributed by atoms with Crippen LogP contribution in [0.3, 0.4) is 0 Å². The van der Waals surface area contributed by atoms with Gasteiger partial charge in [-0.25, -0.2) is 18.1 Å². The Balaban J connectivity index is 1.41. The van der Waals surface area contributed by atoms with Crippen molar-refractivity contribution in [2.24, 2.45) is 0 Å². The highest BCUT2D eigenvalue weighted by Gasteiger charge is 2.28. The fourth-order valence-corrected chi connectivity index (χ4v) is 4.78. The van der Waals surface area contributed by atoms with Crippen LogP contribution in [0.1, 0.15) is 24.3 Å². The van der Waals surface area contributed by atoms with Crippen LogP contribution in [0.2, 0.25) is 0 Å². The predicted molar refractivity (Wildman–Crippen MR) is 107 cm³/mol. The van der Waals surface area contributed by atoms with E-state index >= 15 is 0 Å². The number of amides is 1. The Kier molecular flexibility index (Phi) is 5.05. The van der Waals surface area contributed by atoms with Gasteiger partial charge in [0.1, 0.15) is 5.76 Å². The van der Waals surface area contributed by atoms with Crippen molar-refractivity contribution in [1.29, 1.82) is 0 Å².